The minimum atomic E-state index is 0.0179. The van der Waals surface area contributed by atoms with Gasteiger partial charge >= 0.3 is 0 Å². The van der Waals surface area contributed by atoms with Crippen molar-refractivity contribution in [2.24, 2.45) is 7.05 Å². The normalized spacial score (nSPS) is 11.4. The van der Waals surface area contributed by atoms with Crippen LogP contribution in [0.4, 0.5) is 0 Å². The average molecular weight is 458 g/mol. The number of fused-ring (bicyclic) bond motifs is 6. The number of aromatic nitrogens is 5. The molecule has 4 aromatic heterocycles. The first-order valence-corrected chi connectivity index (χ1v) is 11.4. The summed E-state index contributed by atoms with van der Waals surface area (Å²) in [5, 5.41) is 0. The van der Waals surface area contributed by atoms with Crippen LogP contribution in [0.2, 0.25) is 0 Å². The second kappa shape index (κ2) is 7.67. The molecular weight excluding hydrogens is 434 g/mol. The van der Waals surface area contributed by atoms with Crippen LogP contribution >= 0.6 is 11.3 Å². The molecule has 0 spiro atoms. The zero-order valence-corrected chi connectivity index (χ0v) is 19.9. The maximum atomic E-state index is 12.3. The van der Waals surface area contributed by atoms with Gasteiger partial charge in [0.2, 0.25) is 5.78 Å². The Bertz CT molecular complexity index is 1820. The molecule has 0 saturated carbocycles. The summed E-state index contributed by atoms with van der Waals surface area (Å²) >= 11 is 1.55. The number of aryl methyl sites for hydroxylation is 3. The molecule has 33 heavy (non-hydrogen) atoms. The summed E-state index contributed by atoms with van der Waals surface area (Å²) in [7, 11) is 1.93. The van der Waals surface area contributed by atoms with Gasteiger partial charge in [0.05, 0.1) is 21.3 Å². The lowest BCUT2D eigenvalue weighted by Gasteiger charge is -2.01. The minimum absolute atomic E-state index is 0.0179. The molecule has 0 aliphatic heterocycles. The van der Waals surface area contributed by atoms with E-state index in [0.717, 1.165) is 43.2 Å². The van der Waals surface area contributed by atoms with Gasteiger partial charge < -0.3 is 4.57 Å². The minimum Gasteiger partial charge on any atom is -0.313 e. The lowest BCUT2D eigenvalue weighted by Crippen LogP contribution is -2.18. The van der Waals surface area contributed by atoms with Crippen LogP contribution in [-0.4, -0.2) is 23.3 Å². The molecule has 0 unspecified atom stereocenters. The van der Waals surface area contributed by atoms with Crippen molar-refractivity contribution in [3.63, 3.8) is 0 Å². The quantitative estimate of drug-likeness (QED) is 0.340. The number of imidazole rings is 1. The molecule has 0 amide bonds. The highest BCUT2D eigenvalue weighted by Gasteiger charge is 2.13. The SMILES string of the molecule is Cc1nc2n(C)c3ccccc3n2c(=O)c1C.Cc1nc2sc3ccccc3n2c(=O)c1C. The molecule has 7 nitrogen and oxygen atoms in total. The van der Waals surface area contributed by atoms with Gasteiger partial charge in [-0.2, -0.15) is 0 Å². The van der Waals surface area contributed by atoms with Gasteiger partial charge in [0.25, 0.3) is 11.1 Å². The van der Waals surface area contributed by atoms with Gasteiger partial charge in [-0.05, 0) is 52.0 Å². The first kappa shape index (κ1) is 21.1. The summed E-state index contributed by atoms with van der Waals surface area (Å²) in [6, 6.07) is 15.7. The van der Waals surface area contributed by atoms with Crippen molar-refractivity contribution in [3.05, 3.63) is 91.8 Å². The predicted octanol–water partition coefficient (Wildman–Crippen LogP) is 4.33. The lowest BCUT2D eigenvalue weighted by atomic mass is 10.2. The highest BCUT2D eigenvalue weighted by Crippen LogP contribution is 2.23. The molecule has 0 N–H and O–H groups in total. The summed E-state index contributed by atoms with van der Waals surface area (Å²) in [4.78, 5) is 34.2. The number of hydrogen-bond acceptors (Lipinski definition) is 5. The van der Waals surface area contributed by atoms with Crippen LogP contribution in [0.15, 0.2) is 58.1 Å². The second-order valence-corrected chi connectivity index (χ2v) is 9.13. The van der Waals surface area contributed by atoms with E-state index < -0.39 is 0 Å². The summed E-state index contributed by atoms with van der Waals surface area (Å²) < 4.78 is 6.42. The number of rotatable bonds is 0. The van der Waals surface area contributed by atoms with Crippen LogP contribution in [0.25, 0.3) is 32.0 Å². The van der Waals surface area contributed by atoms with Crippen LogP contribution in [0.3, 0.4) is 0 Å². The predicted molar refractivity (Wildman–Crippen MR) is 134 cm³/mol. The zero-order chi connectivity index (χ0) is 23.4. The van der Waals surface area contributed by atoms with Crippen molar-refractivity contribution >= 4 is 43.3 Å². The van der Waals surface area contributed by atoms with E-state index in [0.29, 0.717) is 11.3 Å². The largest absolute Gasteiger partial charge is 0.313 e. The Labute approximate surface area is 193 Å². The highest BCUT2D eigenvalue weighted by atomic mass is 32.1. The summed E-state index contributed by atoms with van der Waals surface area (Å²) in [6.07, 6.45) is 0. The molecule has 4 heterocycles. The third kappa shape index (κ3) is 3.17. The van der Waals surface area contributed by atoms with Crippen molar-refractivity contribution in [2.45, 2.75) is 27.7 Å². The summed E-state index contributed by atoms with van der Waals surface area (Å²) in [5.74, 6) is 0.694. The number of para-hydroxylation sites is 3. The molecular formula is C25H23N5O2S. The second-order valence-electron chi connectivity index (χ2n) is 8.13. The topological polar surface area (TPSA) is 73.7 Å². The monoisotopic (exact) mass is 457 g/mol. The molecule has 0 aliphatic rings. The highest BCUT2D eigenvalue weighted by molar-refractivity contribution is 7.23. The fourth-order valence-electron chi connectivity index (χ4n) is 3.98. The van der Waals surface area contributed by atoms with Gasteiger partial charge in [0.1, 0.15) is 0 Å². The van der Waals surface area contributed by atoms with Gasteiger partial charge in [-0.15, -0.1) is 0 Å². The molecule has 0 atom stereocenters. The fourth-order valence-corrected chi connectivity index (χ4v) is 5.04. The first-order valence-electron chi connectivity index (χ1n) is 10.6. The Morgan fingerprint density at radius 1 is 0.697 bits per heavy atom. The van der Waals surface area contributed by atoms with E-state index in [1.54, 1.807) is 20.1 Å². The number of nitrogens with zero attached hydrogens (tertiary/aromatic N) is 5. The van der Waals surface area contributed by atoms with E-state index in [2.05, 4.69) is 9.97 Å². The molecule has 6 aromatic rings. The van der Waals surface area contributed by atoms with Crippen molar-refractivity contribution in [2.75, 3.05) is 0 Å². The maximum Gasteiger partial charge on any atom is 0.262 e. The zero-order valence-electron chi connectivity index (χ0n) is 19.1. The standard InChI is InChI=1S/C13H13N3O.C12H10N2OS/c1-8-9(2)14-13-15(3)10-6-4-5-7-11(10)16(13)12(8)17;1-7-8(2)13-12-14(11(7)15)9-5-3-4-6-10(9)16-12/h4-7H,1-3H3;3-6H,1-2H3. The van der Waals surface area contributed by atoms with Crippen LogP contribution in [0.1, 0.15) is 22.5 Å². The van der Waals surface area contributed by atoms with E-state index in [1.807, 2.05) is 87.8 Å². The number of benzene rings is 2. The van der Waals surface area contributed by atoms with Crippen LogP contribution in [0.5, 0.6) is 0 Å². The number of thiazole rings is 1. The van der Waals surface area contributed by atoms with Crippen molar-refractivity contribution in [1.29, 1.82) is 0 Å². The van der Waals surface area contributed by atoms with Crippen LogP contribution in [0, 0.1) is 27.7 Å². The molecule has 0 aliphatic carbocycles. The Hall–Kier alpha value is -3.78. The van der Waals surface area contributed by atoms with Gasteiger partial charge in [0.15, 0.2) is 4.96 Å². The Morgan fingerprint density at radius 3 is 1.94 bits per heavy atom. The van der Waals surface area contributed by atoms with Crippen LogP contribution in [-0.2, 0) is 7.05 Å². The van der Waals surface area contributed by atoms with E-state index >= 15 is 0 Å². The molecule has 0 bridgehead atoms. The van der Waals surface area contributed by atoms with Gasteiger partial charge in [-0.25, -0.2) is 14.4 Å². The van der Waals surface area contributed by atoms with E-state index in [9.17, 15) is 9.59 Å². The summed E-state index contributed by atoms with van der Waals surface area (Å²) in [6.45, 7) is 7.39. The Balaban J connectivity index is 0.000000139. The van der Waals surface area contributed by atoms with Gasteiger partial charge in [-0.1, -0.05) is 35.6 Å². The smallest absolute Gasteiger partial charge is 0.262 e. The molecule has 0 fully saturated rings. The molecule has 6 rings (SSSR count). The van der Waals surface area contributed by atoms with Gasteiger partial charge in [0, 0.05) is 29.6 Å². The van der Waals surface area contributed by atoms with Gasteiger partial charge in [-0.3, -0.25) is 14.0 Å². The molecule has 0 radical (unpaired) electrons. The van der Waals surface area contributed by atoms with Crippen molar-refractivity contribution in [1.82, 2.24) is 23.3 Å². The molecule has 2 aromatic carbocycles. The van der Waals surface area contributed by atoms with Crippen molar-refractivity contribution in [3.8, 4) is 0 Å². The van der Waals surface area contributed by atoms with E-state index in [-0.39, 0.29) is 11.1 Å². The van der Waals surface area contributed by atoms with Crippen molar-refractivity contribution < 1.29 is 0 Å². The number of hydrogen-bond donors (Lipinski definition) is 0. The molecule has 8 heteroatoms. The third-order valence-electron chi connectivity index (χ3n) is 6.15. The molecule has 0 saturated heterocycles. The van der Waals surface area contributed by atoms with Crippen LogP contribution < -0.4 is 11.1 Å². The third-order valence-corrected chi connectivity index (χ3v) is 7.17. The Kier molecular flexibility index (Phi) is 4.90. The summed E-state index contributed by atoms with van der Waals surface area (Å²) in [5.41, 5.74) is 5.97. The average Bonchev–Trinajstić information content (AvgIpc) is 3.32. The molecule has 166 valence electrons. The van der Waals surface area contributed by atoms with E-state index in [1.165, 1.54) is 0 Å². The van der Waals surface area contributed by atoms with E-state index in [4.69, 9.17) is 0 Å². The Morgan fingerprint density at radius 2 is 1.24 bits per heavy atom. The maximum absolute atomic E-state index is 12.3. The lowest BCUT2D eigenvalue weighted by molar-refractivity contribution is 0.913. The fraction of sp³-hybridized carbons (Fsp3) is 0.200. The first-order chi connectivity index (χ1) is 15.8.